The van der Waals surface area contributed by atoms with Gasteiger partial charge in [0.05, 0.1) is 35.9 Å². The van der Waals surface area contributed by atoms with Gasteiger partial charge in [0.1, 0.15) is 5.82 Å². The van der Waals surface area contributed by atoms with E-state index in [2.05, 4.69) is 0 Å². The SMILES string of the molecule is C[C@@H](O[C@H]1CN2C(=O)C(CO)CC[C@H]2[C@@H]1c1ccc(F)cc1)c1cc(C(F)(F)F)cc(C(F)(F)F)c1. The van der Waals surface area contributed by atoms with E-state index in [1.165, 1.54) is 31.2 Å². The third-order valence-corrected chi connectivity index (χ3v) is 6.97. The van der Waals surface area contributed by atoms with Crippen molar-refractivity contribution < 1.29 is 45.4 Å². The van der Waals surface area contributed by atoms with E-state index in [-0.39, 0.29) is 36.7 Å². The fourth-order valence-electron chi connectivity index (χ4n) is 5.18. The van der Waals surface area contributed by atoms with Gasteiger partial charge in [0.15, 0.2) is 0 Å². The summed E-state index contributed by atoms with van der Waals surface area (Å²) < 4.78 is 99.6. The zero-order valence-corrected chi connectivity index (χ0v) is 19.1. The summed E-state index contributed by atoms with van der Waals surface area (Å²) in [5, 5.41) is 9.53. The van der Waals surface area contributed by atoms with Crippen LogP contribution < -0.4 is 0 Å². The van der Waals surface area contributed by atoms with E-state index in [1.807, 2.05) is 0 Å². The van der Waals surface area contributed by atoms with Gasteiger partial charge >= 0.3 is 12.4 Å². The lowest BCUT2D eigenvalue weighted by molar-refractivity contribution is -0.144. The molecule has 0 aliphatic carbocycles. The van der Waals surface area contributed by atoms with Crippen LogP contribution in [-0.2, 0) is 21.9 Å². The largest absolute Gasteiger partial charge is 0.416 e. The maximum atomic E-state index is 13.6. The number of alkyl halides is 6. The van der Waals surface area contributed by atoms with E-state index < -0.39 is 53.3 Å². The van der Waals surface area contributed by atoms with Crippen molar-refractivity contribution in [3.8, 4) is 0 Å². The number of amides is 1. The second kappa shape index (κ2) is 9.66. The van der Waals surface area contributed by atoms with E-state index in [4.69, 9.17) is 4.74 Å². The van der Waals surface area contributed by atoms with Gasteiger partial charge in [-0.15, -0.1) is 0 Å². The van der Waals surface area contributed by atoms with Crippen molar-refractivity contribution in [3.05, 3.63) is 70.5 Å². The van der Waals surface area contributed by atoms with Crippen LogP contribution in [0.25, 0.3) is 0 Å². The van der Waals surface area contributed by atoms with Gasteiger partial charge in [-0.3, -0.25) is 4.79 Å². The lowest BCUT2D eigenvalue weighted by Crippen LogP contribution is -2.46. The van der Waals surface area contributed by atoms with Crippen LogP contribution in [0.2, 0.25) is 0 Å². The highest BCUT2D eigenvalue weighted by atomic mass is 19.4. The third kappa shape index (κ3) is 5.22. The first-order valence-corrected chi connectivity index (χ1v) is 11.4. The van der Waals surface area contributed by atoms with Crippen molar-refractivity contribution in [2.24, 2.45) is 5.92 Å². The molecule has 2 aromatic carbocycles. The van der Waals surface area contributed by atoms with Crippen LogP contribution in [0.5, 0.6) is 0 Å². The van der Waals surface area contributed by atoms with E-state index in [1.54, 1.807) is 4.90 Å². The molecule has 5 atom stereocenters. The molecule has 196 valence electrons. The van der Waals surface area contributed by atoms with Crippen molar-refractivity contribution in [3.63, 3.8) is 0 Å². The van der Waals surface area contributed by atoms with E-state index in [0.29, 0.717) is 30.5 Å². The summed E-state index contributed by atoms with van der Waals surface area (Å²) in [6.07, 6.45) is -11.0. The molecule has 4 rings (SSSR count). The standard InChI is InChI=1S/C25H24F7NO3/c1-13(16-8-17(24(27,28)29)10-18(9-16)25(30,31)32)36-21-11-33-20(7-4-15(12-34)23(33)35)22(21)14-2-5-19(26)6-3-14/h2-3,5-6,8-10,13,15,20-22,34H,4,7,11-12H2,1H3/t13-,15?,20+,21+,22+/m1/s1. The van der Waals surface area contributed by atoms with Gasteiger partial charge in [-0.25, -0.2) is 4.39 Å². The summed E-state index contributed by atoms with van der Waals surface area (Å²) in [5.41, 5.74) is -2.55. The Bertz CT molecular complexity index is 1070. The number of carbonyl (C=O) groups excluding carboxylic acids is 1. The second-order valence-corrected chi connectivity index (χ2v) is 9.25. The Morgan fingerprint density at radius 1 is 1.00 bits per heavy atom. The topological polar surface area (TPSA) is 49.8 Å². The lowest BCUT2D eigenvalue weighted by Gasteiger charge is -2.36. The normalized spacial score (nSPS) is 25.7. The van der Waals surface area contributed by atoms with Gasteiger partial charge < -0.3 is 14.7 Å². The molecule has 11 heteroatoms. The highest BCUT2D eigenvalue weighted by molar-refractivity contribution is 5.80. The number of piperidine rings is 1. The van der Waals surface area contributed by atoms with Gasteiger partial charge in [0.2, 0.25) is 5.91 Å². The summed E-state index contributed by atoms with van der Waals surface area (Å²) in [4.78, 5) is 14.4. The van der Waals surface area contributed by atoms with Crippen LogP contribution in [0.1, 0.15) is 54.0 Å². The number of hydrogen-bond donors (Lipinski definition) is 1. The minimum absolute atomic E-state index is 0.0392. The molecule has 0 bridgehead atoms. The van der Waals surface area contributed by atoms with Crippen LogP contribution >= 0.6 is 0 Å². The molecule has 1 N–H and O–H groups in total. The molecule has 0 saturated carbocycles. The summed E-state index contributed by atoms with van der Waals surface area (Å²) in [7, 11) is 0. The molecule has 0 aromatic heterocycles. The number of aliphatic hydroxyl groups is 1. The molecular weight excluding hydrogens is 495 g/mol. The fraction of sp³-hybridized carbons (Fsp3) is 0.480. The Kier molecular flexibility index (Phi) is 7.09. The Morgan fingerprint density at radius 3 is 2.11 bits per heavy atom. The molecule has 36 heavy (non-hydrogen) atoms. The highest BCUT2D eigenvalue weighted by Crippen LogP contribution is 2.44. The number of ether oxygens (including phenoxy) is 1. The minimum Gasteiger partial charge on any atom is -0.396 e. The zero-order valence-electron chi connectivity index (χ0n) is 19.1. The molecule has 1 unspecified atom stereocenters. The number of nitrogens with zero attached hydrogens (tertiary/aromatic N) is 1. The van der Waals surface area contributed by atoms with Crippen molar-refractivity contribution >= 4 is 5.91 Å². The molecule has 2 aliphatic rings. The molecule has 0 spiro atoms. The van der Waals surface area contributed by atoms with E-state index >= 15 is 0 Å². The molecular formula is C25H24F7NO3. The molecule has 2 aromatic rings. The molecule has 2 heterocycles. The summed E-state index contributed by atoms with van der Waals surface area (Å²) in [6, 6.07) is 6.48. The number of carbonyl (C=O) groups is 1. The van der Waals surface area contributed by atoms with Crippen LogP contribution in [0.4, 0.5) is 30.7 Å². The lowest BCUT2D eigenvalue weighted by atomic mass is 9.83. The first-order valence-electron chi connectivity index (χ1n) is 11.4. The monoisotopic (exact) mass is 519 g/mol. The maximum absolute atomic E-state index is 13.6. The van der Waals surface area contributed by atoms with Crippen LogP contribution in [0.3, 0.4) is 0 Å². The van der Waals surface area contributed by atoms with Gasteiger partial charge in [-0.1, -0.05) is 12.1 Å². The molecule has 0 radical (unpaired) electrons. The minimum atomic E-state index is -4.99. The van der Waals surface area contributed by atoms with E-state index in [0.717, 1.165) is 0 Å². The first kappa shape index (κ1) is 26.4. The molecule has 2 aliphatic heterocycles. The predicted octanol–water partition coefficient (Wildman–Crippen LogP) is 5.71. The summed E-state index contributed by atoms with van der Waals surface area (Å²) >= 11 is 0. The second-order valence-electron chi connectivity index (χ2n) is 9.25. The first-order chi connectivity index (χ1) is 16.8. The number of benzene rings is 2. The molecule has 2 saturated heterocycles. The number of fused-ring (bicyclic) bond motifs is 1. The Morgan fingerprint density at radius 2 is 1.58 bits per heavy atom. The summed E-state index contributed by atoms with van der Waals surface area (Å²) in [6.45, 7) is 1.06. The van der Waals surface area contributed by atoms with Crippen molar-refractivity contribution in [1.82, 2.24) is 4.90 Å². The third-order valence-electron chi connectivity index (χ3n) is 6.97. The highest BCUT2D eigenvalue weighted by Gasteiger charge is 2.49. The van der Waals surface area contributed by atoms with Crippen LogP contribution in [0.15, 0.2) is 42.5 Å². The predicted molar refractivity (Wildman–Crippen MR) is 114 cm³/mol. The van der Waals surface area contributed by atoms with Gasteiger partial charge in [-0.05, 0) is 61.2 Å². The maximum Gasteiger partial charge on any atom is 0.416 e. The summed E-state index contributed by atoms with van der Waals surface area (Å²) in [5.74, 6) is -1.85. The quantitative estimate of drug-likeness (QED) is 0.516. The van der Waals surface area contributed by atoms with Gasteiger partial charge in [0.25, 0.3) is 0 Å². The molecule has 1 amide bonds. The van der Waals surface area contributed by atoms with Gasteiger partial charge in [-0.2, -0.15) is 26.3 Å². The Hall–Kier alpha value is -2.66. The molecule has 2 fully saturated rings. The smallest absolute Gasteiger partial charge is 0.396 e. The van der Waals surface area contributed by atoms with Gasteiger partial charge in [0, 0.05) is 18.5 Å². The Labute approximate surface area is 202 Å². The number of rotatable bonds is 5. The van der Waals surface area contributed by atoms with Crippen molar-refractivity contribution in [2.75, 3.05) is 13.2 Å². The fourth-order valence-corrected chi connectivity index (χ4v) is 5.18. The zero-order chi connectivity index (χ0) is 26.4. The van der Waals surface area contributed by atoms with Crippen LogP contribution in [0, 0.1) is 11.7 Å². The van der Waals surface area contributed by atoms with Crippen molar-refractivity contribution in [2.45, 2.75) is 56.3 Å². The van der Waals surface area contributed by atoms with Crippen LogP contribution in [-0.4, -0.2) is 41.2 Å². The van der Waals surface area contributed by atoms with E-state index in [9.17, 15) is 40.6 Å². The Balaban J connectivity index is 1.68. The average molecular weight is 519 g/mol. The van der Waals surface area contributed by atoms with Crippen molar-refractivity contribution in [1.29, 1.82) is 0 Å². The number of hydrogen-bond acceptors (Lipinski definition) is 3. The number of halogens is 7. The number of aliphatic hydroxyl groups excluding tert-OH is 1. The average Bonchev–Trinajstić information content (AvgIpc) is 3.17. The molecule has 4 nitrogen and oxygen atoms in total.